The molecule has 7 heteroatoms. The molecule has 0 aliphatic heterocycles. The molecule has 0 aliphatic carbocycles. The fourth-order valence-electron chi connectivity index (χ4n) is 2.66. The van der Waals surface area contributed by atoms with Crippen LogP contribution in [0.2, 0.25) is 0 Å². The van der Waals surface area contributed by atoms with Crippen molar-refractivity contribution in [3.8, 4) is 17.4 Å². The molecule has 7 nitrogen and oxygen atoms in total. The zero-order valence-corrected chi connectivity index (χ0v) is 15.9. The molecule has 0 bridgehead atoms. The Hall–Kier alpha value is -3.35. The SMILES string of the molecule is COc1cc(NC(=O)c2nc3cc(C)c(C)cc3nc2OC)cc(OC)c1. The fourth-order valence-corrected chi connectivity index (χ4v) is 2.66. The highest BCUT2D eigenvalue weighted by Gasteiger charge is 2.18. The Labute approximate surface area is 157 Å². The molecular formula is C20H21N3O4. The summed E-state index contributed by atoms with van der Waals surface area (Å²) >= 11 is 0. The molecule has 0 unspecified atom stereocenters. The maximum Gasteiger partial charge on any atom is 0.279 e. The van der Waals surface area contributed by atoms with Gasteiger partial charge in [0.2, 0.25) is 5.88 Å². The van der Waals surface area contributed by atoms with Gasteiger partial charge in [0.05, 0.1) is 32.4 Å². The first-order valence-electron chi connectivity index (χ1n) is 8.32. The van der Waals surface area contributed by atoms with Crippen LogP contribution in [-0.2, 0) is 0 Å². The molecular weight excluding hydrogens is 346 g/mol. The van der Waals surface area contributed by atoms with E-state index in [9.17, 15) is 4.79 Å². The second-order valence-electron chi connectivity index (χ2n) is 6.06. The van der Waals surface area contributed by atoms with Crippen LogP contribution in [0.3, 0.4) is 0 Å². The second kappa shape index (κ2) is 7.49. The molecule has 0 radical (unpaired) electrons. The van der Waals surface area contributed by atoms with Gasteiger partial charge in [0.15, 0.2) is 5.69 Å². The van der Waals surface area contributed by atoms with Gasteiger partial charge in [-0.3, -0.25) is 4.79 Å². The molecule has 1 heterocycles. The van der Waals surface area contributed by atoms with Crippen LogP contribution in [-0.4, -0.2) is 37.2 Å². The van der Waals surface area contributed by atoms with Crippen molar-refractivity contribution in [3.63, 3.8) is 0 Å². The summed E-state index contributed by atoms with van der Waals surface area (Å²) in [6.07, 6.45) is 0. The number of hydrogen-bond acceptors (Lipinski definition) is 6. The lowest BCUT2D eigenvalue weighted by molar-refractivity contribution is 0.101. The minimum absolute atomic E-state index is 0.107. The van der Waals surface area contributed by atoms with Crippen molar-refractivity contribution in [3.05, 3.63) is 47.2 Å². The van der Waals surface area contributed by atoms with Gasteiger partial charge in [0.1, 0.15) is 11.5 Å². The Kier molecular flexibility index (Phi) is 5.12. The zero-order chi connectivity index (χ0) is 19.6. The van der Waals surface area contributed by atoms with Crippen molar-refractivity contribution >= 4 is 22.6 Å². The Morgan fingerprint density at radius 1 is 0.815 bits per heavy atom. The summed E-state index contributed by atoms with van der Waals surface area (Å²) in [7, 11) is 4.55. The van der Waals surface area contributed by atoms with Crippen molar-refractivity contribution in [1.29, 1.82) is 0 Å². The number of rotatable bonds is 5. The maximum atomic E-state index is 12.8. The third-order valence-corrected chi connectivity index (χ3v) is 4.27. The van der Waals surface area contributed by atoms with Gasteiger partial charge in [0.25, 0.3) is 5.91 Å². The molecule has 3 rings (SSSR count). The van der Waals surface area contributed by atoms with E-state index in [1.807, 2.05) is 26.0 Å². The quantitative estimate of drug-likeness (QED) is 0.743. The number of aryl methyl sites for hydroxylation is 2. The molecule has 3 aromatic rings. The molecule has 0 saturated heterocycles. The van der Waals surface area contributed by atoms with E-state index in [2.05, 4.69) is 15.3 Å². The highest BCUT2D eigenvalue weighted by atomic mass is 16.5. The molecule has 1 N–H and O–H groups in total. The minimum atomic E-state index is -0.435. The number of hydrogen-bond donors (Lipinski definition) is 1. The average molecular weight is 367 g/mol. The molecule has 2 aromatic carbocycles. The smallest absolute Gasteiger partial charge is 0.279 e. The van der Waals surface area contributed by atoms with Gasteiger partial charge < -0.3 is 19.5 Å². The van der Waals surface area contributed by atoms with E-state index in [0.717, 1.165) is 11.1 Å². The van der Waals surface area contributed by atoms with E-state index in [0.29, 0.717) is 28.2 Å². The van der Waals surface area contributed by atoms with E-state index in [1.54, 1.807) is 32.4 Å². The van der Waals surface area contributed by atoms with Crippen LogP contribution in [0.4, 0.5) is 5.69 Å². The normalized spacial score (nSPS) is 10.6. The summed E-state index contributed by atoms with van der Waals surface area (Å²) in [5.74, 6) is 0.854. The number of nitrogens with one attached hydrogen (secondary N) is 1. The molecule has 27 heavy (non-hydrogen) atoms. The summed E-state index contributed by atoms with van der Waals surface area (Å²) in [5, 5.41) is 2.79. The third kappa shape index (κ3) is 3.76. The Bertz CT molecular complexity index is 996. The van der Waals surface area contributed by atoms with Crippen LogP contribution in [0.5, 0.6) is 17.4 Å². The van der Waals surface area contributed by atoms with E-state index >= 15 is 0 Å². The first kappa shape index (κ1) is 18.4. The molecule has 0 saturated carbocycles. The minimum Gasteiger partial charge on any atom is -0.497 e. The molecule has 1 aromatic heterocycles. The average Bonchev–Trinajstić information content (AvgIpc) is 2.67. The Balaban J connectivity index is 2.01. The number of methoxy groups -OCH3 is 3. The highest BCUT2D eigenvalue weighted by Crippen LogP contribution is 2.27. The number of benzene rings is 2. The number of fused-ring (bicyclic) bond motifs is 1. The highest BCUT2D eigenvalue weighted by molar-refractivity contribution is 6.05. The van der Waals surface area contributed by atoms with Crippen LogP contribution < -0.4 is 19.5 Å². The number of ether oxygens (including phenoxy) is 3. The van der Waals surface area contributed by atoms with Gasteiger partial charge >= 0.3 is 0 Å². The second-order valence-corrected chi connectivity index (χ2v) is 6.06. The monoisotopic (exact) mass is 367 g/mol. The topological polar surface area (TPSA) is 82.6 Å². The largest absolute Gasteiger partial charge is 0.497 e. The van der Waals surface area contributed by atoms with Gasteiger partial charge in [-0.2, -0.15) is 0 Å². The summed E-state index contributed by atoms with van der Waals surface area (Å²) in [5.41, 5.74) is 4.10. The van der Waals surface area contributed by atoms with Crippen LogP contribution >= 0.6 is 0 Å². The first-order valence-corrected chi connectivity index (χ1v) is 8.32. The third-order valence-electron chi connectivity index (χ3n) is 4.27. The fraction of sp³-hybridized carbons (Fsp3) is 0.250. The lowest BCUT2D eigenvalue weighted by Gasteiger charge is -2.12. The van der Waals surface area contributed by atoms with Crippen molar-refractivity contribution in [1.82, 2.24) is 9.97 Å². The van der Waals surface area contributed by atoms with E-state index < -0.39 is 5.91 Å². The maximum absolute atomic E-state index is 12.8. The van der Waals surface area contributed by atoms with E-state index in [1.165, 1.54) is 7.11 Å². The molecule has 0 spiro atoms. The van der Waals surface area contributed by atoms with Gasteiger partial charge in [-0.15, -0.1) is 0 Å². The predicted octanol–water partition coefficient (Wildman–Crippen LogP) is 3.52. The van der Waals surface area contributed by atoms with Crippen LogP contribution in [0.25, 0.3) is 11.0 Å². The van der Waals surface area contributed by atoms with Gasteiger partial charge in [0, 0.05) is 23.9 Å². The van der Waals surface area contributed by atoms with Crippen molar-refractivity contribution in [2.45, 2.75) is 13.8 Å². The number of amides is 1. The summed E-state index contributed by atoms with van der Waals surface area (Å²) in [6.45, 7) is 3.99. The van der Waals surface area contributed by atoms with Crippen LogP contribution in [0.1, 0.15) is 21.6 Å². The van der Waals surface area contributed by atoms with E-state index in [-0.39, 0.29) is 11.6 Å². The Morgan fingerprint density at radius 3 is 1.89 bits per heavy atom. The zero-order valence-electron chi connectivity index (χ0n) is 15.9. The van der Waals surface area contributed by atoms with Crippen molar-refractivity contribution in [2.24, 2.45) is 0 Å². The summed E-state index contributed by atoms with van der Waals surface area (Å²) in [4.78, 5) is 21.7. The first-order chi connectivity index (χ1) is 12.9. The number of carbonyl (C=O) groups is 1. The number of carbonyl (C=O) groups excluding carboxylic acids is 1. The molecule has 0 fully saturated rings. The molecule has 0 aliphatic rings. The van der Waals surface area contributed by atoms with Crippen molar-refractivity contribution in [2.75, 3.05) is 26.6 Å². The van der Waals surface area contributed by atoms with Crippen molar-refractivity contribution < 1.29 is 19.0 Å². The summed E-state index contributed by atoms with van der Waals surface area (Å²) in [6, 6.07) is 8.93. The predicted molar refractivity (Wildman–Crippen MR) is 103 cm³/mol. The van der Waals surface area contributed by atoms with E-state index in [4.69, 9.17) is 14.2 Å². The van der Waals surface area contributed by atoms with Gasteiger partial charge in [-0.1, -0.05) is 0 Å². The Morgan fingerprint density at radius 2 is 1.37 bits per heavy atom. The molecule has 0 atom stereocenters. The van der Waals surface area contributed by atoms with Gasteiger partial charge in [-0.05, 0) is 37.1 Å². The number of anilines is 1. The molecule has 1 amide bonds. The summed E-state index contributed by atoms with van der Waals surface area (Å²) < 4.78 is 15.7. The lowest BCUT2D eigenvalue weighted by atomic mass is 10.1. The number of aromatic nitrogens is 2. The number of nitrogens with zero attached hydrogens (tertiary/aromatic N) is 2. The van der Waals surface area contributed by atoms with Gasteiger partial charge in [-0.25, -0.2) is 9.97 Å². The molecule has 140 valence electrons. The van der Waals surface area contributed by atoms with Crippen LogP contribution in [0.15, 0.2) is 30.3 Å². The van der Waals surface area contributed by atoms with Crippen LogP contribution in [0, 0.1) is 13.8 Å². The lowest BCUT2D eigenvalue weighted by Crippen LogP contribution is -2.16. The standard InChI is InChI=1S/C20H21N3O4/c1-11-6-16-17(7-12(11)2)23-20(27-5)18(22-16)19(24)21-13-8-14(25-3)10-15(9-13)26-4/h6-10H,1-5H3,(H,21,24).